The molecule has 0 saturated carbocycles. The highest BCUT2D eigenvalue weighted by atomic mass is 19.4. The molecule has 1 rings (SSSR count). The molecule has 7 heteroatoms. The SMILES string of the molecule is Nc1c(O)cncc1OC(F)(F)F. The molecule has 1 aromatic rings. The van der Waals surface area contributed by atoms with Gasteiger partial charge in [-0.3, -0.25) is 4.98 Å². The summed E-state index contributed by atoms with van der Waals surface area (Å²) in [6.45, 7) is 0. The van der Waals surface area contributed by atoms with Crippen LogP contribution in [-0.2, 0) is 0 Å². The van der Waals surface area contributed by atoms with Gasteiger partial charge in [0, 0.05) is 0 Å². The van der Waals surface area contributed by atoms with Crippen LogP contribution in [0.3, 0.4) is 0 Å². The molecule has 3 N–H and O–H groups in total. The van der Waals surface area contributed by atoms with Crippen LogP contribution in [0.25, 0.3) is 0 Å². The standard InChI is InChI=1S/C6H5F3N2O2/c7-6(8,9)13-4-2-11-1-3(12)5(4)10/h1-2,12H,(H2,10,11). The first kappa shape index (κ1) is 9.43. The number of anilines is 1. The number of pyridine rings is 1. The average Bonchev–Trinajstić information content (AvgIpc) is 1.96. The van der Waals surface area contributed by atoms with Gasteiger partial charge in [-0.25, -0.2) is 0 Å². The van der Waals surface area contributed by atoms with Crippen molar-refractivity contribution in [3.8, 4) is 11.5 Å². The zero-order valence-corrected chi connectivity index (χ0v) is 6.17. The Labute approximate surface area is 70.8 Å². The minimum absolute atomic E-state index is 0.493. The Hall–Kier alpha value is -1.66. The van der Waals surface area contributed by atoms with Gasteiger partial charge in [-0.15, -0.1) is 13.2 Å². The molecule has 0 bridgehead atoms. The molecule has 0 radical (unpaired) electrons. The molecule has 0 amide bonds. The van der Waals surface area contributed by atoms with Crippen molar-refractivity contribution >= 4 is 5.69 Å². The van der Waals surface area contributed by atoms with E-state index in [1.54, 1.807) is 0 Å². The lowest BCUT2D eigenvalue weighted by Gasteiger charge is -2.10. The number of rotatable bonds is 1. The fourth-order valence-electron chi connectivity index (χ4n) is 0.647. The molecule has 0 atom stereocenters. The summed E-state index contributed by atoms with van der Waals surface area (Å²) in [5.74, 6) is -1.27. The van der Waals surface area contributed by atoms with E-state index in [1.165, 1.54) is 0 Å². The summed E-state index contributed by atoms with van der Waals surface area (Å²) < 4.78 is 38.5. The number of nitrogen functional groups attached to an aromatic ring is 1. The molecule has 0 unspecified atom stereocenters. The molecule has 0 aliphatic rings. The molecule has 4 nitrogen and oxygen atoms in total. The van der Waals surface area contributed by atoms with Gasteiger partial charge in [-0.2, -0.15) is 0 Å². The fourth-order valence-corrected chi connectivity index (χ4v) is 0.647. The van der Waals surface area contributed by atoms with Gasteiger partial charge in [0.25, 0.3) is 0 Å². The van der Waals surface area contributed by atoms with E-state index in [4.69, 9.17) is 10.8 Å². The molecular formula is C6H5F3N2O2. The van der Waals surface area contributed by atoms with E-state index in [-0.39, 0.29) is 0 Å². The summed E-state index contributed by atoms with van der Waals surface area (Å²) in [6.07, 6.45) is -3.16. The topological polar surface area (TPSA) is 68.4 Å². The average molecular weight is 194 g/mol. The first-order chi connectivity index (χ1) is 5.90. The normalized spacial score (nSPS) is 11.3. The summed E-state index contributed by atoms with van der Waals surface area (Å²) in [4.78, 5) is 3.27. The van der Waals surface area contributed by atoms with Crippen LogP contribution >= 0.6 is 0 Å². The summed E-state index contributed by atoms with van der Waals surface area (Å²) in [5.41, 5.74) is 4.58. The summed E-state index contributed by atoms with van der Waals surface area (Å²) in [7, 11) is 0. The van der Waals surface area contributed by atoms with Gasteiger partial charge in [-0.1, -0.05) is 0 Å². The second-order valence-corrected chi connectivity index (χ2v) is 2.12. The van der Waals surface area contributed by atoms with Crippen LogP contribution in [0.1, 0.15) is 0 Å². The smallest absolute Gasteiger partial charge is 0.504 e. The highest BCUT2D eigenvalue weighted by molar-refractivity contribution is 5.60. The van der Waals surface area contributed by atoms with Crippen molar-refractivity contribution in [3.63, 3.8) is 0 Å². The summed E-state index contributed by atoms with van der Waals surface area (Å²) >= 11 is 0. The van der Waals surface area contributed by atoms with Crippen molar-refractivity contribution in [2.75, 3.05) is 5.73 Å². The minimum atomic E-state index is -4.84. The number of halogens is 3. The number of hydrogen-bond acceptors (Lipinski definition) is 4. The van der Waals surface area contributed by atoms with Crippen molar-refractivity contribution in [3.05, 3.63) is 12.4 Å². The van der Waals surface area contributed by atoms with Crippen LogP contribution in [0.2, 0.25) is 0 Å². The lowest BCUT2D eigenvalue weighted by molar-refractivity contribution is -0.274. The number of nitrogens with two attached hydrogens (primary N) is 1. The van der Waals surface area contributed by atoms with Crippen molar-refractivity contribution in [2.24, 2.45) is 0 Å². The number of aromatic nitrogens is 1. The molecule has 0 saturated heterocycles. The van der Waals surface area contributed by atoms with E-state index in [0.29, 0.717) is 0 Å². The number of hydrogen-bond donors (Lipinski definition) is 2. The number of aromatic hydroxyl groups is 1. The molecule has 0 aromatic carbocycles. The third-order valence-electron chi connectivity index (χ3n) is 1.16. The number of alkyl halides is 3. The first-order valence-corrected chi connectivity index (χ1v) is 3.08. The van der Waals surface area contributed by atoms with E-state index < -0.39 is 23.5 Å². The van der Waals surface area contributed by atoms with Crippen LogP contribution in [0.15, 0.2) is 12.4 Å². The van der Waals surface area contributed by atoms with Gasteiger partial charge in [0.05, 0.1) is 12.4 Å². The Morgan fingerprint density at radius 1 is 1.38 bits per heavy atom. The first-order valence-electron chi connectivity index (χ1n) is 3.08. The fraction of sp³-hybridized carbons (Fsp3) is 0.167. The maximum atomic E-state index is 11.7. The zero-order valence-electron chi connectivity index (χ0n) is 6.17. The van der Waals surface area contributed by atoms with E-state index in [2.05, 4.69) is 9.72 Å². The third kappa shape index (κ3) is 2.39. The van der Waals surface area contributed by atoms with Crippen molar-refractivity contribution < 1.29 is 23.0 Å². The minimum Gasteiger partial charge on any atom is -0.504 e. The second-order valence-electron chi connectivity index (χ2n) is 2.12. The van der Waals surface area contributed by atoms with Crippen LogP contribution in [0.5, 0.6) is 11.5 Å². The summed E-state index contributed by atoms with van der Waals surface area (Å²) in [5, 5.41) is 8.86. The van der Waals surface area contributed by atoms with Gasteiger partial charge in [0.1, 0.15) is 5.69 Å². The molecule has 0 aliphatic heterocycles. The van der Waals surface area contributed by atoms with E-state index in [9.17, 15) is 13.2 Å². The van der Waals surface area contributed by atoms with Gasteiger partial charge in [-0.05, 0) is 0 Å². The van der Waals surface area contributed by atoms with Crippen LogP contribution in [0, 0.1) is 0 Å². The predicted molar refractivity (Wildman–Crippen MR) is 37.0 cm³/mol. The molecule has 1 aromatic heterocycles. The largest absolute Gasteiger partial charge is 0.573 e. The Balaban J connectivity index is 2.96. The van der Waals surface area contributed by atoms with Crippen molar-refractivity contribution in [2.45, 2.75) is 6.36 Å². The lowest BCUT2D eigenvalue weighted by atomic mass is 10.3. The third-order valence-corrected chi connectivity index (χ3v) is 1.16. The van der Waals surface area contributed by atoms with Gasteiger partial charge in [0.15, 0.2) is 11.5 Å². The quantitative estimate of drug-likeness (QED) is 0.706. The Morgan fingerprint density at radius 3 is 2.54 bits per heavy atom. The molecule has 0 aliphatic carbocycles. The maximum absolute atomic E-state index is 11.7. The number of ether oxygens (including phenoxy) is 1. The molecule has 72 valence electrons. The maximum Gasteiger partial charge on any atom is 0.573 e. The second kappa shape index (κ2) is 3.00. The van der Waals surface area contributed by atoms with Gasteiger partial charge >= 0.3 is 6.36 Å². The van der Waals surface area contributed by atoms with Crippen LogP contribution < -0.4 is 10.5 Å². The Morgan fingerprint density at radius 2 is 2.00 bits per heavy atom. The molecule has 0 fully saturated rings. The van der Waals surface area contributed by atoms with Crippen molar-refractivity contribution in [1.29, 1.82) is 0 Å². The molecule has 1 heterocycles. The van der Waals surface area contributed by atoms with Crippen LogP contribution in [0.4, 0.5) is 18.9 Å². The summed E-state index contributed by atoms with van der Waals surface area (Å²) in [6, 6.07) is 0. The van der Waals surface area contributed by atoms with Gasteiger partial charge in [0.2, 0.25) is 0 Å². The zero-order chi connectivity index (χ0) is 10.1. The van der Waals surface area contributed by atoms with E-state index >= 15 is 0 Å². The Bertz CT molecular complexity index is 313. The molecule has 0 spiro atoms. The monoisotopic (exact) mass is 194 g/mol. The lowest BCUT2D eigenvalue weighted by Crippen LogP contribution is -2.18. The highest BCUT2D eigenvalue weighted by Crippen LogP contribution is 2.32. The Kier molecular flexibility index (Phi) is 2.18. The van der Waals surface area contributed by atoms with Gasteiger partial charge < -0.3 is 15.6 Å². The molecule has 13 heavy (non-hydrogen) atoms. The number of nitrogens with zero attached hydrogens (tertiary/aromatic N) is 1. The van der Waals surface area contributed by atoms with E-state index in [1.807, 2.05) is 0 Å². The van der Waals surface area contributed by atoms with Crippen molar-refractivity contribution in [1.82, 2.24) is 4.98 Å². The highest BCUT2D eigenvalue weighted by Gasteiger charge is 2.32. The van der Waals surface area contributed by atoms with E-state index in [0.717, 1.165) is 12.4 Å². The predicted octanol–water partition coefficient (Wildman–Crippen LogP) is 1.27. The molecular weight excluding hydrogens is 189 g/mol. The van der Waals surface area contributed by atoms with Crippen LogP contribution in [-0.4, -0.2) is 16.5 Å².